The molecule has 0 saturated carbocycles. The van der Waals surface area contributed by atoms with Crippen LogP contribution in [0.15, 0.2) is 73.1 Å². The van der Waals surface area contributed by atoms with E-state index in [1.54, 1.807) is 12.3 Å². The van der Waals surface area contributed by atoms with Gasteiger partial charge in [0.25, 0.3) is 0 Å². The van der Waals surface area contributed by atoms with Gasteiger partial charge in [-0.25, -0.2) is 9.48 Å². The van der Waals surface area contributed by atoms with Gasteiger partial charge in [-0.3, -0.25) is 0 Å². The van der Waals surface area contributed by atoms with Crippen molar-refractivity contribution >= 4 is 24.2 Å². The Balaban J connectivity index is 1.90. The van der Waals surface area contributed by atoms with Crippen LogP contribution < -0.4 is 0 Å². The maximum absolute atomic E-state index is 11.9. The molecule has 0 unspecified atom stereocenters. The van der Waals surface area contributed by atoms with E-state index in [0.717, 1.165) is 35.2 Å². The summed E-state index contributed by atoms with van der Waals surface area (Å²) in [6.07, 6.45) is 12.9. The van der Waals surface area contributed by atoms with Gasteiger partial charge in [-0.15, -0.1) is 0 Å². The summed E-state index contributed by atoms with van der Waals surface area (Å²) < 4.78 is 7.02. The van der Waals surface area contributed by atoms with Crippen molar-refractivity contribution in [1.82, 2.24) is 9.78 Å². The first kappa shape index (κ1) is 19.4. The number of ether oxygens (including phenoxy) is 1. The molecule has 0 aliphatic rings. The highest BCUT2D eigenvalue weighted by Crippen LogP contribution is 2.23. The largest absolute Gasteiger partial charge is 0.463 e. The Kier molecular flexibility index (Phi) is 6.96. The summed E-state index contributed by atoms with van der Waals surface area (Å²) in [6, 6.07) is 18.0. The van der Waals surface area contributed by atoms with Crippen molar-refractivity contribution in [1.29, 1.82) is 0 Å². The first-order valence-corrected chi connectivity index (χ1v) is 9.49. The topological polar surface area (TPSA) is 44.1 Å². The Hall–Kier alpha value is -3.40. The van der Waals surface area contributed by atoms with E-state index >= 15 is 0 Å². The number of hydrogen-bond donors (Lipinski definition) is 0. The second kappa shape index (κ2) is 10.1. The smallest absolute Gasteiger partial charge is 0.330 e. The van der Waals surface area contributed by atoms with E-state index in [4.69, 9.17) is 4.74 Å². The molecule has 0 spiro atoms. The Labute approximate surface area is 165 Å². The van der Waals surface area contributed by atoms with Crippen molar-refractivity contribution in [3.8, 4) is 5.69 Å². The summed E-state index contributed by atoms with van der Waals surface area (Å²) in [6.45, 7) is 2.51. The molecule has 1 aromatic heterocycles. The number of carbonyl (C=O) groups is 1. The Morgan fingerprint density at radius 1 is 1.00 bits per heavy atom. The van der Waals surface area contributed by atoms with E-state index in [0.29, 0.717) is 6.61 Å². The molecule has 3 aromatic rings. The summed E-state index contributed by atoms with van der Waals surface area (Å²) in [7, 11) is 0. The zero-order chi connectivity index (χ0) is 19.6. The van der Waals surface area contributed by atoms with Crippen LogP contribution in [0.5, 0.6) is 0 Å². The molecule has 1 heterocycles. The Bertz CT molecular complexity index is 942. The number of esters is 1. The van der Waals surface area contributed by atoms with E-state index in [1.165, 1.54) is 6.08 Å². The number of hydrogen-bond acceptors (Lipinski definition) is 3. The van der Waals surface area contributed by atoms with E-state index in [9.17, 15) is 4.79 Å². The molecule has 0 radical (unpaired) electrons. The second-order valence-corrected chi connectivity index (χ2v) is 6.33. The molecular weight excluding hydrogens is 348 g/mol. The third kappa shape index (κ3) is 5.30. The standard InChI is InChI=1S/C24H24N2O2/c1-2-3-19-28-23(27)16-15-22-12-7-11-21(24(22)26-18-8-17-25-26)14-13-20-9-5-4-6-10-20/h4-18H,2-3,19H2,1H3/b14-13+,16-15+. The highest BCUT2D eigenvalue weighted by atomic mass is 16.5. The zero-order valence-electron chi connectivity index (χ0n) is 16.0. The molecule has 0 atom stereocenters. The molecule has 4 nitrogen and oxygen atoms in total. The molecule has 0 saturated heterocycles. The maximum atomic E-state index is 11.9. The van der Waals surface area contributed by atoms with Gasteiger partial charge in [0.1, 0.15) is 0 Å². The predicted molar refractivity (Wildman–Crippen MR) is 114 cm³/mol. The van der Waals surface area contributed by atoms with Crippen LogP contribution in [0.3, 0.4) is 0 Å². The van der Waals surface area contributed by atoms with Gasteiger partial charge in [0.2, 0.25) is 0 Å². The molecule has 0 aliphatic heterocycles. The number of rotatable bonds is 8. The third-order valence-electron chi connectivity index (χ3n) is 4.23. The van der Waals surface area contributed by atoms with Crippen LogP contribution in [0.4, 0.5) is 0 Å². The number of aromatic nitrogens is 2. The van der Waals surface area contributed by atoms with Crippen molar-refractivity contribution in [3.63, 3.8) is 0 Å². The molecule has 2 aromatic carbocycles. The van der Waals surface area contributed by atoms with Gasteiger partial charge in [0.05, 0.1) is 12.3 Å². The lowest BCUT2D eigenvalue weighted by Gasteiger charge is -2.10. The van der Waals surface area contributed by atoms with Gasteiger partial charge in [0.15, 0.2) is 0 Å². The van der Waals surface area contributed by atoms with Gasteiger partial charge in [0, 0.05) is 29.6 Å². The number of carbonyl (C=O) groups excluding carboxylic acids is 1. The SMILES string of the molecule is CCCCOC(=O)/C=C/c1cccc(/C=C/c2ccccc2)c1-n1cccn1. The summed E-state index contributed by atoms with van der Waals surface area (Å²) >= 11 is 0. The van der Waals surface area contributed by atoms with Gasteiger partial charge in [-0.1, -0.05) is 74.0 Å². The van der Waals surface area contributed by atoms with Gasteiger partial charge in [-0.2, -0.15) is 5.10 Å². The lowest BCUT2D eigenvalue weighted by atomic mass is 10.0. The fourth-order valence-corrected chi connectivity index (χ4v) is 2.79. The Morgan fingerprint density at radius 3 is 2.50 bits per heavy atom. The lowest BCUT2D eigenvalue weighted by molar-refractivity contribution is -0.137. The molecule has 0 fully saturated rings. The molecule has 0 aliphatic carbocycles. The molecular formula is C24H24N2O2. The van der Waals surface area contributed by atoms with E-state index in [2.05, 4.69) is 36.3 Å². The van der Waals surface area contributed by atoms with Crippen molar-refractivity contribution in [2.75, 3.05) is 6.61 Å². The molecule has 4 heteroatoms. The predicted octanol–water partition coefficient (Wildman–Crippen LogP) is 5.40. The number of unbranched alkanes of at least 4 members (excludes halogenated alkanes) is 1. The van der Waals surface area contributed by atoms with Crippen LogP contribution in [0.25, 0.3) is 23.9 Å². The van der Waals surface area contributed by atoms with E-state index < -0.39 is 0 Å². The summed E-state index contributed by atoms with van der Waals surface area (Å²) in [5, 5.41) is 4.38. The second-order valence-electron chi connectivity index (χ2n) is 6.33. The van der Waals surface area contributed by atoms with Crippen molar-refractivity contribution < 1.29 is 9.53 Å². The molecule has 0 bridgehead atoms. The zero-order valence-corrected chi connectivity index (χ0v) is 16.0. The fourth-order valence-electron chi connectivity index (χ4n) is 2.79. The van der Waals surface area contributed by atoms with Crippen LogP contribution in [-0.4, -0.2) is 22.4 Å². The average Bonchev–Trinajstić information content (AvgIpc) is 3.26. The Morgan fingerprint density at radius 2 is 1.79 bits per heavy atom. The molecule has 0 amide bonds. The number of para-hydroxylation sites is 1. The minimum absolute atomic E-state index is 0.329. The lowest BCUT2D eigenvalue weighted by Crippen LogP contribution is -2.03. The first-order chi connectivity index (χ1) is 13.8. The van der Waals surface area contributed by atoms with Crippen LogP contribution in [-0.2, 0) is 9.53 Å². The number of benzene rings is 2. The molecule has 28 heavy (non-hydrogen) atoms. The fraction of sp³-hybridized carbons (Fsp3) is 0.167. The minimum Gasteiger partial charge on any atom is -0.463 e. The average molecular weight is 372 g/mol. The van der Waals surface area contributed by atoms with Gasteiger partial charge in [-0.05, 0) is 24.1 Å². The van der Waals surface area contributed by atoms with Crippen LogP contribution in [0, 0.1) is 0 Å². The van der Waals surface area contributed by atoms with Crippen LogP contribution >= 0.6 is 0 Å². The minimum atomic E-state index is -0.329. The summed E-state index contributed by atoms with van der Waals surface area (Å²) in [5.41, 5.74) is 3.94. The number of nitrogens with zero attached hydrogens (tertiary/aromatic N) is 2. The quantitative estimate of drug-likeness (QED) is 0.230. The van der Waals surface area contributed by atoms with Gasteiger partial charge < -0.3 is 4.74 Å². The third-order valence-corrected chi connectivity index (χ3v) is 4.23. The van der Waals surface area contributed by atoms with Crippen molar-refractivity contribution in [2.45, 2.75) is 19.8 Å². The molecule has 0 N–H and O–H groups in total. The van der Waals surface area contributed by atoms with Crippen molar-refractivity contribution in [2.24, 2.45) is 0 Å². The van der Waals surface area contributed by atoms with Gasteiger partial charge >= 0.3 is 5.97 Å². The molecule has 3 rings (SSSR count). The van der Waals surface area contributed by atoms with Crippen molar-refractivity contribution in [3.05, 3.63) is 89.8 Å². The highest BCUT2D eigenvalue weighted by Gasteiger charge is 2.08. The maximum Gasteiger partial charge on any atom is 0.330 e. The van der Waals surface area contributed by atoms with Crippen LogP contribution in [0.2, 0.25) is 0 Å². The van der Waals surface area contributed by atoms with E-state index in [1.807, 2.05) is 53.3 Å². The van der Waals surface area contributed by atoms with Crippen LogP contribution in [0.1, 0.15) is 36.5 Å². The normalized spacial score (nSPS) is 11.3. The van der Waals surface area contributed by atoms with E-state index in [-0.39, 0.29) is 5.97 Å². The summed E-state index contributed by atoms with van der Waals surface area (Å²) in [5.74, 6) is -0.329. The summed E-state index contributed by atoms with van der Waals surface area (Å²) in [4.78, 5) is 11.9. The molecule has 142 valence electrons. The first-order valence-electron chi connectivity index (χ1n) is 9.49. The monoisotopic (exact) mass is 372 g/mol. The highest BCUT2D eigenvalue weighted by molar-refractivity contribution is 5.88.